The predicted octanol–water partition coefficient (Wildman–Crippen LogP) is 2.76. The number of ketones is 1. The Morgan fingerprint density at radius 3 is 2.65 bits per heavy atom. The minimum atomic E-state index is -0.524. The Kier molecular flexibility index (Phi) is 3.93. The van der Waals surface area contributed by atoms with Crippen molar-refractivity contribution in [3.8, 4) is 5.69 Å². The highest BCUT2D eigenvalue weighted by atomic mass is 35.5. The average Bonchev–Trinajstić information content (AvgIpc) is 3.15. The number of carbonyl (C=O) groups excluding carboxylic acids is 1. The summed E-state index contributed by atoms with van der Waals surface area (Å²) in [6.07, 6.45) is 0. The highest BCUT2D eigenvalue weighted by Gasteiger charge is 2.19. The molecule has 26 heavy (non-hydrogen) atoms. The Morgan fingerprint density at radius 1 is 1.12 bits per heavy atom. The second-order valence-electron chi connectivity index (χ2n) is 5.88. The molecule has 4 rings (SSSR count). The maximum atomic E-state index is 12.8. The molecule has 1 N–H and O–H groups in total. The number of tetrazole rings is 1. The van der Waals surface area contributed by atoms with E-state index in [0.717, 1.165) is 26.0 Å². The molecule has 0 aliphatic heterocycles. The number of nitrogens with zero attached hydrogens (tertiary/aromatic N) is 4. The molecule has 8 heteroatoms. The van der Waals surface area contributed by atoms with Crippen LogP contribution >= 0.6 is 11.6 Å². The van der Waals surface area contributed by atoms with Crippen LogP contribution in [-0.4, -0.2) is 30.6 Å². The van der Waals surface area contributed by atoms with E-state index >= 15 is 0 Å². The van der Waals surface area contributed by atoms with Crippen molar-refractivity contribution in [1.82, 2.24) is 24.8 Å². The molecule has 4 aromatic rings. The number of rotatable bonds is 4. The summed E-state index contributed by atoms with van der Waals surface area (Å²) in [7, 11) is 0. The Labute approximate surface area is 152 Å². The second kappa shape index (κ2) is 6.27. The van der Waals surface area contributed by atoms with Crippen LogP contribution in [0.25, 0.3) is 16.6 Å². The Morgan fingerprint density at radius 2 is 1.85 bits per heavy atom. The largest absolute Gasteiger partial charge is 0.368 e. The molecule has 0 aliphatic rings. The van der Waals surface area contributed by atoms with Crippen LogP contribution in [0.4, 0.5) is 0 Å². The van der Waals surface area contributed by atoms with Gasteiger partial charge in [0.15, 0.2) is 5.78 Å². The van der Waals surface area contributed by atoms with E-state index in [-0.39, 0.29) is 12.3 Å². The van der Waals surface area contributed by atoms with Gasteiger partial charge in [-0.1, -0.05) is 41.9 Å². The van der Waals surface area contributed by atoms with Crippen LogP contribution < -0.4 is 5.69 Å². The zero-order valence-corrected chi connectivity index (χ0v) is 14.6. The number of carbonyl (C=O) groups is 1. The van der Waals surface area contributed by atoms with Crippen molar-refractivity contribution >= 4 is 28.3 Å². The van der Waals surface area contributed by atoms with Gasteiger partial charge in [-0.25, -0.2) is 4.79 Å². The summed E-state index contributed by atoms with van der Waals surface area (Å²) in [6, 6.07) is 14.3. The molecule has 0 bridgehead atoms. The van der Waals surface area contributed by atoms with Gasteiger partial charge in [-0.3, -0.25) is 4.79 Å². The second-order valence-corrected chi connectivity index (χ2v) is 6.28. The molecule has 2 aromatic heterocycles. The van der Waals surface area contributed by atoms with Crippen LogP contribution in [0.15, 0.2) is 53.3 Å². The molecule has 130 valence electrons. The number of fused-ring (bicyclic) bond motifs is 1. The summed E-state index contributed by atoms with van der Waals surface area (Å²) in [5.41, 5.74) is 2.08. The average molecular weight is 368 g/mol. The maximum Gasteiger partial charge on any atom is 0.368 e. The third kappa shape index (κ3) is 2.62. The first-order valence-corrected chi connectivity index (χ1v) is 8.32. The van der Waals surface area contributed by atoms with Crippen LogP contribution in [0.2, 0.25) is 5.02 Å². The van der Waals surface area contributed by atoms with Gasteiger partial charge in [-0.2, -0.15) is 9.36 Å². The van der Waals surface area contributed by atoms with Crippen LogP contribution in [0.1, 0.15) is 16.1 Å². The number of nitrogens with one attached hydrogen (secondary N) is 1. The lowest BCUT2D eigenvalue weighted by Gasteiger charge is -2.01. The van der Waals surface area contributed by atoms with E-state index in [1.54, 1.807) is 24.3 Å². The van der Waals surface area contributed by atoms with E-state index in [9.17, 15) is 9.59 Å². The molecule has 0 spiro atoms. The van der Waals surface area contributed by atoms with Crippen LogP contribution in [-0.2, 0) is 6.54 Å². The molecule has 0 aliphatic carbocycles. The van der Waals surface area contributed by atoms with E-state index in [1.165, 1.54) is 0 Å². The van der Waals surface area contributed by atoms with Gasteiger partial charge >= 0.3 is 5.69 Å². The minimum absolute atomic E-state index is 0.202. The van der Waals surface area contributed by atoms with Gasteiger partial charge in [0.25, 0.3) is 0 Å². The number of halogens is 1. The van der Waals surface area contributed by atoms with Gasteiger partial charge in [-0.15, -0.1) is 0 Å². The Hall–Kier alpha value is -3.19. The lowest BCUT2D eigenvalue weighted by molar-refractivity contribution is 0.0966. The van der Waals surface area contributed by atoms with Gasteiger partial charge in [0.1, 0.15) is 6.54 Å². The standard InChI is InChI=1S/C18H14ClN5O2/c1-11-17(12-6-2-4-8-14(12)20-11)16(25)10-23-18(26)24(22-21-23)15-9-5-3-7-13(15)19/h2-9,20H,10H2,1H3. The summed E-state index contributed by atoms with van der Waals surface area (Å²) < 4.78 is 2.12. The van der Waals surface area contributed by atoms with Gasteiger partial charge in [0, 0.05) is 22.2 Å². The van der Waals surface area contributed by atoms with Crippen LogP contribution in [0.3, 0.4) is 0 Å². The quantitative estimate of drug-likeness (QED) is 0.562. The number of para-hydroxylation sites is 2. The SMILES string of the molecule is Cc1[nH]c2ccccc2c1C(=O)Cn1nnn(-c2ccccc2Cl)c1=O. The molecule has 0 saturated carbocycles. The van der Waals surface area contributed by atoms with Gasteiger partial charge in [-0.05, 0) is 35.5 Å². The fourth-order valence-corrected chi connectivity index (χ4v) is 3.21. The Bertz CT molecular complexity index is 1190. The highest BCUT2D eigenvalue weighted by Crippen LogP contribution is 2.22. The number of aromatic amines is 1. The zero-order valence-electron chi connectivity index (χ0n) is 13.8. The van der Waals surface area contributed by atoms with Crippen molar-refractivity contribution in [2.24, 2.45) is 0 Å². The summed E-state index contributed by atoms with van der Waals surface area (Å²) in [6.45, 7) is 1.63. The molecule has 0 unspecified atom stereocenters. The zero-order chi connectivity index (χ0) is 18.3. The number of aryl methyl sites for hydroxylation is 1. The monoisotopic (exact) mass is 367 g/mol. The van der Waals surface area contributed by atoms with Crippen molar-refractivity contribution in [1.29, 1.82) is 0 Å². The highest BCUT2D eigenvalue weighted by molar-refractivity contribution is 6.32. The van der Waals surface area contributed by atoms with Crippen molar-refractivity contribution in [3.63, 3.8) is 0 Å². The summed E-state index contributed by atoms with van der Waals surface area (Å²) in [5.74, 6) is -0.215. The van der Waals surface area contributed by atoms with E-state index < -0.39 is 5.69 Å². The normalized spacial score (nSPS) is 11.2. The van der Waals surface area contributed by atoms with Gasteiger partial charge < -0.3 is 4.98 Å². The molecule has 0 fully saturated rings. The summed E-state index contributed by atoms with van der Waals surface area (Å²) in [5, 5.41) is 8.86. The van der Waals surface area contributed by atoms with Crippen molar-refractivity contribution in [3.05, 3.63) is 75.3 Å². The fraction of sp³-hybridized carbons (Fsp3) is 0.111. The van der Waals surface area contributed by atoms with E-state index in [4.69, 9.17) is 11.6 Å². The number of Topliss-reactive ketones (excluding diaryl/α,β-unsaturated/α-hetero) is 1. The molecule has 0 radical (unpaired) electrons. The number of hydrogen-bond donors (Lipinski definition) is 1. The first-order chi connectivity index (χ1) is 12.6. The van der Waals surface area contributed by atoms with Crippen molar-refractivity contribution in [2.75, 3.05) is 0 Å². The molecular weight excluding hydrogens is 354 g/mol. The fourth-order valence-electron chi connectivity index (χ4n) is 3.00. The number of benzene rings is 2. The molecule has 7 nitrogen and oxygen atoms in total. The number of H-pyrrole nitrogens is 1. The first kappa shape index (κ1) is 16.3. The smallest absolute Gasteiger partial charge is 0.358 e. The van der Waals surface area contributed by atoms with E-state index in [1.807, 2.05) is 31.2 Å². The molecule has 0 amide bonds. The van der Waals surface area contributed by atoms with E-state index in [0.29, 0.717) is 16.3 Å². The third-order valence-corrected chi connectivity index (χ3v) is 4.51. The first-order valence-electron chi connectivity index (χ1n) is 7.94. The molecule has 2 heterocycles. The maximum absolute atomic E-state index is 12.8. The number of aromatic nitrogens is 5. The number of hydrogen-bond acceptors (Lipinski definition) is 4. The van der Waals surface area contributed by atoms with Crippen LogP contribution in [0, 0.1) is 6.92 Å². The predicted molar refractivity (Wildman–Crippen MR) is 98.0 cm³/mol. The van der Waals surface area contributed by atoms with Gasteiger partial charge in [0.05, 0.1) is 10.7 Å². The van der Waals surface area contributed by atoms with Crippen LogP contribution in [0.5, 0.6) is 0 Å². The third-order valence-electron chi connectivity index (χ3n) is 4.19. The minimum Gasteiger partial charge on any atom is -0.358 e. The molecule has 0 atom stereocenters. The molecular formula is C18H14ClN5O2. The van der Waals surface area contributed by atoms with Crippen molar-refractivity contribution < 1.29 is 4.79 Å². The molecule has 2 aromatic carbocycles. The summed E-state index contributed by atoms with van der Waals surface area (Å²) >= 11 is 6.11. The van der Waals surface area contributed by atoms with Crippen molar-refractivity contribution in [2.45, 2.75) is 13.5 Å². The van der Waals surface area contributed by atoms with Gasteiger partial charge in [0.2, 0.25) is 0 Å². The topological polar surface area (TPSA) is 85.6 Å². The Balaban J connectivity index is 1.70. The lowest BCUT2D eigenvalue weighted by atomic mass is 10.1. The van der Waals surface area contributed by atoms with E-state index in [2.05, 4.69) is 15.4 Å². The summed E-state index contributed by atoms with van der Waals surface area (Å²) in [4.78, 5) is 28.5. The lowest BCUT2D eigenvalue weighted by Crippen LogP contribution is -2.27. The molecule has 0 saturated heterocycles.